The maximum Gasteiger partial charge on any atom is 0.155 e. The Morgan fingerprint density at radius 1 is 1.29 bits per heavy atom. The van der Waals surface area contributed by atoms with Crippen molar-refractivity contribution >= 4 is 5.78 Å². The van der Waals surface area contributed by atoms with Crippen LogP contribution in [0.1, 0.15) is 26.7 Å². The van der Waals surface area contributed by atoms with Gasteiger partial charge < -0.3 is 4.74 Å². The van der Waals surface area contributed by atoms with Crippen LogP contribution < -0.4 is 0 Å². The highest BCUT2D eigenvalue weighted by Gasteiger charge is 2.43. The highest BCUT2D eigenvalue weighted by molar-refractivity contribution is 5.91. The molecule has 2 aliphatic rings. The first-order valence-corrected chi connectivity index (χ1v) is 5.49. The molecule has 0 bridgehead atoms. The third-order valence-electron chi connectivity index (χ3n) is 3.35. The number of morpholine rings is 1. The lowest BCUT2D eigenvalue weighted by molar-refractivity contribution is -0.133. The van der Waals surface area contributed by atoms with Crippen LogP contribution in [0.15, 0.2) is 0 Å². The summed E-state index contributed by atoms with van der Waals surface area (Å²) < 4.78 is 5.30. The summed E-state index contributed by atoms with van der Waals surface area (Å²) in [6.45, 7) is 7.43. The van der Waals surface area contributed by atoms with E-state index in [0.717, 1.165) is 39.1 Å². The molecule has 1 saturated heterocycles. The van der Waals surface area contributed by atoms with Crippen LogP contribution in [0, 0.1) is 5.92 Å². The predicted octanol–water partition coefficient (Wildman–Crippen LogP) is 1.08. The zero-order valence-electron chi connectivity index (χ0n) is 9.08. The quantitative estimate of drug-likeness (QED) is 0.678. The molecule has 1 saturated carbocycles. The van der Waals surface area contributed by atoms with Crippen molar-refractivity contribution in [3.8, 4) is 0 Å². The minimum atomic E-state index is -0.273. The van der Waals surface area contributed by atoms with Crippen LogP contribution in [0.3, 0.4) is 0 Å². The smallest absolute Gasteiger partial charge is 0.155 e. The van der Waals surface area contributed by atoms with Crippen molar-refractivity contribution in [2.24, 2.45) is 5.92 Å². The van der Waals surface area contributed by atoms with Crippen molar-refractivity contribution in [1.29, 1.82) is 0 Å². The molecule has 2 rings (SSSR count). The largest absolute Gasteiger partial charge is 0.379 e. The average molecular weight is 197 g/mol. The molecule has 80 valence electrons. The van der Waals surface area contributed by atoms with Gasteiger partial charge in [0, 0.05) is 19.0 Å². The van der Waals surface area contributed by atoms with Crippen LogP contribution in [-0.2, 0) is 9.53 Å². The second-order valence-electron chi connectivity index (χ2n) is 4.80. The molecule has 0 radical (unpaired) electrons. The highest BCUT2D eigenvalue weighted by Crippen LogP contribution is 2.35. The Kier molecular flexibility index (Phi) is 2.62. The Hall–Kier alpha value is -0.410. The lowest BCUT2D eigenvalue weighted by atomic mass is 9.93. The van der Waals surface area contributed by atoms with E-state index in [9.17, 15) is 4.79 Å². The highest BCUT2D eigenvalue weighted by atomic mass is 16.5. The molecule has 1 heterocycles. The standard InChI is InChI=1S/C11H19NO2/c1-11(2,10(13)9-3-4-9)12-5-7-14-8-6-12/h9H,3-8H2,1-2H3. The number of ketones is 1. The van der Waals surface area contributed by atoms with Crippen molar-refractivity contribution < 1.29 is 9.53 Å². The summed E-state index contributed by atoms with van der Waals surface area (Å²) in [6.07, 6.45) is 2.21. The summed E-state index contributed by atoms with van der Waals surface area (Å²) in [5.41, 5.74) is -0.273. The number of rotatable bonds is 3. The van der Waals surface area contributed by atoms with Crippen molar-refractivity contribution in [3.63, 3.8) is 0 Å². The van der Waals surface area contributed by atoms with Gasteiger partial charge in [0.1, 0.15) is 0 Å². The van der Waals surface area contributed by atoms with Crippen LogP contribution in [0.4, 0.5) is 0 Å². The van der Waals surface area contributed by atoms with Crippen LogP contribution in [0.5, 0.6) is 0 Å². The first-order valence-electron chi connectivity index (χ1n) is 5.49. The molecule has 3 nitrogen and oxygen atoms in total. The lowest BCUT2D eigenvalue weighted by Gasteiger charge is -2.39. The van der Waals surface area contributed by atoms with Crippen molar-refractivity contribution in [2.45, 2.75) is 32.2 Å². The third-order valence-corrected chi connectivity index (χ3v) is 3.35. The van der Waals surface area contributed by atoms with Crippen molar-refractivity contribution in [1.82, 2.24) is 4.90 Å². The summed E-state index contributed by atoms with van der Waals surface area (Å²) in [7, 11) is 0. The zero-order chi connectivity index (χ0) is 10.2. The molecular weight excluding hydrogens is 178 g/mol. The maximum atomic E-state index is 12.0. The average Bonchev–Trinajstić information content (AvgIpc) is 3.01. The molecular formula is C11H19NO2. The molecule has 0 aromatic rings. The van der Waals surface area contributed by atoms with E-state index in [1.165, 1.54) is 0 Å². The lowest BCUT2D eigenvalue weighted by Crippen LogP contribution is -2.54. The summed E-state index contributed by atoms with van der Waals surface area (Å²) in [6, 6.07) is 0. The third kappa shape index (κ3) is 1.84. The SMILES string of the molecule is CC(C)(C(=O)C1CC1)N1CCOCC1. The van der Waals surface area contributed by atoms with Gasteiger partial charge in [-0.2, -0.15) is 0 Å². The molecule has 1 aliphatic heterocycles. The normalized spacial score (nSPS) is 25.0. The van der Waals surface area contributed by atoms with Gasteiger partial charge >= 0.3 is 0 Å². The first-order chi connectivity index (χ1) is 6.62. The van der Waals surface area contributed by atoms with Crippen LogP contribution in [0.2, 0.25) is 0 Å². The van der Waals surface area contributed by atoms with E-state index >= 15 is 0 Å². The van der Waals surface area contributed by atoms with Crippen molar-refractivity contribution in [2.75, 3.05) is 26.3 Å². The van der Waals surface area contributed by atoms with E-state index in [-0.39, 0.29) is 5.54 Å². The fourth-order valence-corrected chi connectivity index (χ4v) is 2.12. The van der Waals surface area contributed by atoms with E-state index in [2.05, 4.69) is 18.7 Å². The number of nitrogens with zero attached hydrogens (tertiary/aromatic N) is 1. The first kappa shape index (κ1) is 10.1. The van der Waals surface area contributed by atoms with E-state index in [1.54, 1.807) is 0 Å². The van der Waals surface area contributed by atoms with Crippen molar-refractivity contribution in [3.05, 3.63) is 0 Å². The minimum Gasteiger partial charge on any atom is -0.379 e. The minimum absolute atomic E-state index is 0.273. The van der Waals surface area contributed by atoms with Gasteiger partial charge in [-0.05, 0) is 26.7 Å². The molecule has 0 aromatic carbocycles. The van der Waals surface area contributed by atoms with E-state index < -0.39 is 0 Å². The topological polar surface area (TPSA) is 29.5 Å². The summed E-state index contributed by atoms with van der Waals surface area (Å²) in [4.78, 5) is 14.3. The van der Waals surface area contributed by atoms with Gasteiger partial charge in [0.05, 0.1) is 18.8 Å². The Balaban J connectivity index is 2.00. The van der Waals surface area contributed by atoms with Gasteiger partial charge in [-0.25, -0.2) is 0 Å². The Labute approximate surface area is 85.4 Å². The fourth-order valence-electron chi connectivity index (χ4n) is 2.12. The molecule has 0 atom stereocenters. The molecule has 14 heavy (non-hydrogen) atoms. The van der Waals surface area contributed by atoms with E-state index in [4.69, 9.17) is 4.74 Å². The second kappa shape index (κ2) is 3.63. The Morgan fingerprint density at radius 3 is 2.36 bits per heavy atom. The van der Waals surface area contributed by atoms with Crippen LogP contribution >= 0.6 is 0 Å². The van der Waals surface area contributed by atoms with Gasteiger partial charge in [0.25, 0.3) is 0 Å². The molecule has 0 spiro atoms. The molecule has 0 aromatic heterocycles. The second-order valence-corrected chi connectivity index (χ2v) is 4.80. The Morgan fingerprint density at radius 2 is 1.86 bits per heavy atom. The van der Waals surface area contributed by atoms with Gasteiger partial charge in [-0.3, -0.25) is 9.69 Å². The maximum absolute atomic E-state index is 12.0. The number of ether oxygens (including phenoxy) is 1. The summed E-state index contributed by atoms with van der Waals surface area (Å²) >= 11 is 0. The number of carbonyl (C=O) groups excluding carboxylic acids is 1. The monoisotopic (exact) mass is 197 g/mol. The van der Waals surface area contributed by atoms with Gasteiger partial charge in [-0.1, -0.05) is 0 Å². The number of hydrogen-bond donors (Lipinski definition) is 0. The fraction of sp³-hybridized carbons (Fsp3) is 0.909. The molecule has 0 unspecified atom stereocenters. The summed E-state index contributed by atoms with van der Waals surface area (Å²) in [5, 5.41) is 0. The molecule has 2 fully saturated rings. The number of carbonyl (C=O) groups is 1. The molecule has 3 heteroatoms. The molecule has 1 aliphatic carbocycles. The van der Waals surface area contributed by atoms with Crippen LogP contribution in [-0.4, -0.2) is 42.5 Å². The van der Waals surface area contributed by atoms with E-state index in [0.29, 0.717) is 11.7 Å². The van der Waals surface area contributed by atoms with Gasteiger partial charge in [0.15, 0.2) is 5.78 Å². The molecule has 0 amide bonds. The summed E-state index contributed by atoms with van der Waals surface area (Å²) in [5.74, 6) is 0.784. The Bertz CT molecular complexity index is 227. The number of hydrogen-bond acceptors (Lipinski definition) is 3. The van der Waals surface area contributed by atoms with Crippen LogP contribution in [0.25, 0.3) is 0 Å². The van der Waals surface area contributed by atoms with Gasteiger partial charge in [-0.15, -0.1) is 0 Å². The number of Topliss-reactive ketones (excluding diaryl/α,β-unsaturated/α-hetero) is 1. The molecule has 0 N–H and O–H groups in total. The van der Waals surface area contributed by atoms with Gasteiger partial charge in [0.2, 0.25) is 0 Å². The predicted molar refractivity (Wildman–Crippen MR) is 54.2 cm³/mol. The van der Waals surface area contributed by atoms with E-state index in [1.807, 2.05) is 0 Å². The zero-order valence-corrected chi connectivity index (χ0v) is 9.08.